The summed E-state index contributed by atoms with van der Waals surface area (Å²) in [5.74, 6) is -0.154. The Hall–Kier alpha value is -2.64. The standard InChI is InChI=1S/C19H15NO4S2/c1-23-15-10-6-3-7-12(15)11-16-17(21)20(19(25)26-16)14-9-5-4-8-13(14)18(22)24-2/h3-11H,1-2H3/b16-11-. The minimum Gasteiger partial charge on any atom is -0.496 e. The molecule has 132 valence electrons. The second kappa shape index (κ2) is 7.72. The number of nitrogens with zero attached hydrogens (tertiary/aromatic N) is 1. The predicted molar refractivity (Wildman–Crippen MR) is 106 cm³/mol. The van der Waals surface area contributed by atoms with Crippen LogP contribution in [0, 0.1) is 0 Å². The van der Waals surface area contributed by atoms with E-state index >= 15 is 0 Å². The molecule has 1 saturated heterocycles. The Balaban J connectivity index is 2.01. The van der Waals surface area contributed by atoms with Gasteiger partial charge in [-0.2, -0.15) is 0 Å². The van der Waals surface area contributed by atoms with Crippen LogP contribution in [0.25, 0.3) is 6.08 Å². The summed E-state index contributed by atoms with van der Waals surface area (Å²) >= 11 is 6.56. The molecular formula is C19H15NO4S2. The lowest BCUT2D eigenvalue weighted by molar-refractivity contribution is -0.113. The molecule has 5 nitrogen and oxygen atoms in total. The number of anilines is 1. The predicted octanol–water partition coefficient (Wildman–Crippen LogP) is 3.89. The van der Waals surface area contributed by atoms with E-state index in [9.17, 15) is 9.59 Å². The van der Waals surface area contributed by atoms with E-state index in [1.54, 1.807) is 37.5 Å². The molecule has 0 unspecified atom stereocenters. The van der Waals surface area contributed by atoms with Gasteiger partial charge in [0.15, 0.2) is 4.32 Å². The third kappa shape index (κ3) is 3.36. The van der Waals surface area contributed by atoms with Crippen LogP contribution >= 0.6 is 24.0 Å². The van der Waals surface area contributed by atoms with Gasteiger partial charge >= 0.3 is 5.97 Å². The first-order valence-electron chi connectivity index (χ1n) is 7.65. The summed E-state index contributed by atoms with van der Waals surface area (Å²) in [5, 5.41) is 0. The molecule has 1 aliphatic heterocycles. The summed E-state index contributed by atoms with van der Waals surface area (Å²) in [6.45, 7) is 0. The van der Waals surface area contributed by atoms with Gasteiger partial charge in [-0.05, 0) is 24.3 Å². The highest BCUT2D eigenvalue weighted by Gasteiger charge is 2.35. The number of thioether (sulfide) groups is 1. The fourth-order valence-electron chi connectivity index (χ4n) is 2.55. The molecule has 0 bridgehead atoms. The number of benzene rings is 2. The molecule has 0 aliphatic carbocycles. The number of carbonyl (C=O) groups excluding carboxylic acids is 2. The molecular weight excluding hydrogens is 370 g/mol. The molecule has 26 heavy (non-hydrogen) atoms. The quantitative estimate of drug-likeness (QED) is 0.452. The zero-order valence-corrected chi connectivity index (χ0v) is 15.7. The van der Waals surface area contributed by atoms with Crippen LogP contribution in [0.3, 0.4) is 0 Å². The van der Waals surface area contributed by atoms with Gasteiger partial charge in [0.1, 0.15) is 5.75 Å². The summed E-state index contributed by atoms with van der Waals surface area (Å²) in [5.41, 5.74) is 1.46. The Morgan fingerprint density at radius 3 is 2.54 bits per heavy atom. The van der Waals surface area contributed by atoms with Crippen molar-refractivity contribution < 1.29 is 19.1 Å². The zero-order chi connectivity index (χ0) is 18.7. The molecule has 2 aromatic carbocycles. The monoisotopic (exact) mass is 385 g/mol. The minimum absolute atomic E-state index is 0.282. The van der Waals surface area contributed by atoms with Gasteiger partial charge in [0.2, 0.25) is 0 Å². The van der Waals surface area contributed by atoms with Crippen molar-refractivity contribution in [3.05, 3.63) is 64.6 Å². The number of rotatable bonds is 4. The Labute approximate surface area is 160 Å². The van der Waals surface area contributed by atoms with Gasteiger partial charge in [-0.25, -0.2) is 4.79 Å². The molecule has 0 radical (unpaired) electrons. The number of ether oxygens (including phenoxy) is 2. The Morgan fingerprint density at radius 1 is 1.12 bits per heavy atom. The van der Waals surface area contributed by atoms with E-state index < -0.39 is 5.97 Å². The lowest BCUT2D eigenvalue weighted by atomic mass is 10.1. The van der Waals surface area contributed by atoms with Crippen LogP contribution in [-0.4, -0.2) is 30.4 Å². The largest absolute Gasteiger partial charge is 0.496 e. The summed E-state index contributed by atoms with van der Waals surface area (Å²) in [6, 6.07) is 14.1. The minimum atomic E-state index is -0.525. The van der Waals surface area contributed by atoms with Crippen molar-refractivity contribution in [3.8, 4) is 5.75 Å². The van der Waals surface area contributed by atoms with Crippen LogP contribution in [0.5, 0.6) is 5.75 Å². The topological polar surface area (TPSA) is 55.8 Å². The molecule has 1 aliphatic rings. The van der Waals surface area contributed by atoms with Crippen molar-refractivity contribution in [2.45, 2.75) is 0 Å². The maximum Gasteiger partial charge on any atom is 0.339 e. The highest BCUT2D eigenvalue weighted by atomic mass is 32.2. The Bertz CT molecular complexity index is 923. The fraction of sp³-hybridized carbons (Fsp3) is 0.105. The summed E-state index contributed by atoms with van der Waals surface area (Å²) in [6.07, 6.45) is 1.74. The normalized spacial score (nSPS) is 15.5. The molecule has 1 amide bonds. The van der Waals surface area contributed by atoms with E-state index in [0.29, 0.717) is 20.7 Å². The average molecular weight is 385 g/mol. The van der Waals surface area contributed by atoms with Gasteiger partial charge in [0, 0.05) is 5.56 Å². The van der Waals surface area contributed by atoms with Crippen molar-refractivity contribution in [1.29, 1.82) is 0 Å². The van der Waals surface area contributed by atoms with E-state index in [4.69, 9.17) is 21.7 Å². The molecule has 1 fully saturated rings. The van der Waals surface area contributed by atoms with Crippen LogP contribution < -0.4 is 9.64 Å². The number of hydrogen-bond donors (Lipinski definition) is 0. The first kappa shape index (κ1) is 18.2. The van der Waals surface area contributed by atoms with Crippen LogP contribution in [0.15, 0.2) is 53.4 Å². The van der Waals surface area contributed by atoms with E-state index in [2.05, 4.69) is 0 Å². The second-order valence-corrected chi connectivity index (χ2v) is 6.94. The van der Waals surface area contributed by atoms with Crippen LogP contribution in [0.2, 0.25) is 0 Å². The molecule has 1 heterocycles. The fourth-order valence-corrected chi connectivity index (χ4v) is 3.83. The lowest BCUT2D eigenvalue weighted by Crippen LogP contribution is -2.29. The number of methoxy groups -OCH3 is 2. The van der Waals surface area contributed by atoms with E-state index in [1.165, 1.54) is 23.8 Å². The highest BCUT2D eigenvalue weighted by molar-refractivity contribution is 8.27. The smallest absolute Gasteiger partial charge is 0.339 e. The third-order valence-corrected chi connectivity index (χ3v) is 5.07. The zero-order valence-electron chi connectivity index (χ0n) is 14.1. The molecule has 7 heteroatoms. The number of amides is 1. The summed E-state index contributed by atoms with van der Waals surface area (Å²) in [4.78, 5) is 26.8. The van der Waals surface area contributed by atoms with Crippen molar-refractivity contribution >= 4 is 51.9 Å². The number of hydrogen-bond acceptors (Lipinski definition) is 6. The van der Waals surface area contributed by atoms with Gasteiger partial charge < -0.3 is 9.47 Å². The number of esters is 1. The maximum absolute atomic E-state index is 12.9. The second-order valence-electron chi connectivity index (χ2n) is 5.27. The molecule has 0 aromatic heterocycles. The van der Waals surface area contributed by atoms with E-state index in [1.807, 2.05) is 24.3 Å². The van der Waals surface area contributed by atoms with Crippen molar-refractivity contribution in [1.82, 2.24) is 0 Å². The van der Waals surface area contributed by atoms with Gasteiger partial charge in [-0.15, -0.1) is 0 Å². The molecule has 0 N–H and O–H groups in total. The first-order valence-corrected chi connectivity index (χ1v) is 8.87. The lowest BCUT2D eigenvalue weighted by Gasteiger charge is -2.17. The molecule has 3 rings (SSSR count). The number of para-hydroxylation sites is 2. The van der Waals surface area contributed by atoms with Crippen molar-refractivity contribution in [3.63, 3.8) is 0 Å². The molecule has 0 atom stereocenters. The summed E-state index contributed by atoms with van der Waals surface area (Å²) < 4.78 is 10.5. The highest BCUT2D eigenvalue weighted by Crippen LogP contribution is 2.38. The van der Waals surface area contributed by atoms with Crippen LogP contribution in [-0.2, 0) is 9.53 Å². The van der Waals surface area contributed by atoms with Gasteiger partial charge in [0.05, 0.1) is 30.4 Å². The first-order chi connectivity index (χ1) is 12.6. The summed E-state index contributed by atoms with van der Waals surface area (Å²) in [7, 11) is 2.87. The third-order valence-electron chi connectivity index (χ3n) is 3.77. The molecule has 0 spiro atoms. The van der Waals surface area contributed by atoms with Crippen LogP contribution in [0.1, 0.15) is 15.9 Å². The SMILES string of the molecule is COC(=O)c1ccccc1N1C(=O)/C(=C/c2ccccc2OC)SC1=S. The van der Waals surface area contributed by atoms with Crippen LogP contribution in [0.4, 0.5) is 5.69 Å². The maximum atomic E-state index is 12.9. The van der Waals surface area contributed by atoms with Gasteiger partial charge in [-0.3, -0.25) is 9.69 Å². The van der Waals surface area contributed by atoms with Gasteiger partial charge in [0.25, 0.3) is 5.91 Å². The van der Waals surface area contributed by atoms with E-state index in [-0.39, 0.29) is 11.5 Å². The Kier molecular flexibility index (Phi) is 5.39. The number of thiocarbonyl (C=S) groups is 1. The van der Waals surface area contributed by atoms with Gasteiger partial charge in [-0.1, -0.05) is 54.3 Å². The molecule has 2 aromatic rings. The number of carbonyl (C=O) groups is 2. The van der Waals surface area contributed by atoms with Crippen molar-refractivity contribution in [2.24, 2.45) is 0 Å². The van der Waals surface area contributed by atoms with E-state index in [0.717, 1.165) is 5.56 Å². The average Bonchev–Trinajstić information content (AvgIpc) is 2.94. The van der Waals surface area contributed by atoms with Crippen molar-refractivity contribution in [2.75, 3.05) is 19.1 Å². The Morgan fingerprint density at radius 2 is 1.81 bits per heavy atom. The molecule has 0 saturated carbocycles.